The topological polar surface area (TPSA) is 79.4 Å². The van der Waals surface area contributed by atoms with Gasteiger partial charge < -0.3 is 20.3 Å². The maximum Gasteiger partial charge on any atom is 0.244 e. The van der Waals surface area contributed by atoms with Crippen molar-refractivity contribution in [3.8, 4) is 0 Å². The molecule has 21 heavy (non-hydrogen) atoms. The number of ether oxygens (including phenoxy) is 1. The largest absolute Gasteiger partial charge is 0.378 e. The van der Waals surface area contributed by atoms with Crippen LogP contribution in [0.3, 0.4) is 0 Å². The predicted octanol–water partition coefficient (Wildman–Crippen LogP) is 1.33. The Morgan fingerprint density at radius 1 is 1.52 bits per heavy atom. The van der Waals surface area contributed by atoms with Crippen LogP contribution in [-0.4, -0.2) is 59.7 Å². The van der Waals surface area contributed by atoms with Crippen LogP contribution in [0.2, 0.25) is 0 Å². The average molecular weight is 358 g/mol. The first-order chi connectivity index (χ1) is 10.1. The van der Waals surface area contributed by atoms with Gasteiger partial charge in [-0.25, -0.2) is 4.98 Å². The van der Waals surface area contributed by atoms with Crippen molar-refractivity contribution in [1.29, 1.82) is 0 Å². The number of nitrogens with zero attached hydrogens (tertiary/aromatic N) is 3. The maximum atomic E-state index is 12.4. The van der Waals surface area contributed by atoms with Gasteiger partial charge in [-0.2, -0.15) is 4.98 Å². The van der Waals surface area contributed by atoms with E-state index in [-0.39, 0.29) is 11.9 Å². The number of halogens is 1. The van der Waals surface area contributed by atoms with E-state index in [0.29, 0.717) is 38.1 Å². The Morgan fingerprint density at radius 2 is 2.24 bits per heavy atom. The number of morpholine rings is 1. The van der Waals surface area contributed by atoms with Crippen molar-refractivity contribution in [1.82, 2.24) is 14.9 Å². The Bertz CT molecular complexity index is 493. The summed E-state index contributed by atoms with van der Waals surface area (Å²) >= 11 is 3.40. The quantitative estimate of drug-likeness (QED) is 0.827. The van der Waals surface area contributed by atoms with Crippen LogP contribution in [0.15, 0.2) is 10.7 Å². The average Bonchev–Trinajstić information content (AvgIpc) is 2.51. The van der Waals surface area contributed by atoms with Crippen molar-refractivity contribution in [2.75, 3.05) is 43.5 Å². The second kappa shape index (κ2) is 7.56. The third kappa shape index (κ3) is 4.28. The summed E-state index contributed by atoms with van der Waals surface area (Å²) in [5, 5.41) is 6.18. The minimum absolute atomic E-state index is 0.0498. The Labute approximate surface area is 132 Å². The molecule has 0 aliphatic carbocycles. The van der Waals surface area contributed by atoms with E-state index in [2.05, 4.69) is 36.5 Å². The Kier molecular flexibility index (Phi) is 5.75. The SMILES string of the molecule is CCNc1ncc(Br)c(NC(C)C(=O)N2CCOCC2)n1. The summed E-state index contributed by atoms with van der Waals surface area (Å²) in [4.78, 5) is 22.7. The van der Waals surface area contributed by atoms with Crippen molar-refractivity contribution in [3.05, 3.63) is 10.7 Å². The molecule has 2 heterocycles. The molecule has 8 heteroatoms. The molecule has 1 aromatic heterocycles. The van der Waals surface area contributed by atoms with Crippen LogP contribution in [-0.2, 0) is 9.53 Å². The molecule has 116 valence electrons. The van der Waals surface area contributed by atoms with Crippen LogP contribution in [0, 0.1) is 0 Å². The van der Waals surface area contributed by atoms with Crippen molar-refractivity contribution in [2.24, 2.45) is 0 Å². The number of rotatable bonds is 5. The molecule has 1 fully saturated rings. The van der Waals surface area contributed by atoms with Crippen molar-refractivity contribution in [3.63, 3.8) is 0 Å². The first kappa shape index (κ1) is 16.0. The lowest BCUT2D eigenvalue weighted by Crippen LogP contribution is -2.47. The molecule has 7 nitrogen and oxygen atoms in total. The number of hydrogen-bond donors (Lipinski definition) is 2. The first-order valence-corrected chi connectivity index (χ1v) is 7.80. The summed E-state index contributed by atoms with van der Waals surface area (Å²) in [5.41, 5.74) is 0. The summed E-state index contributed by atoms with van der Waals surface area (Å²) in [6, 6.07) is -0.358. The van der Waals surface area contributed by atoms with Crippen LogP contribution in [0.1, 0.15) is 13.8 Å². The molecule has 0 radical (unpaired) electrons. The van der Waals surface area contributed by atoms with Gasteiger partial charge in [0.1, 0.15) is 11.9 Å². The van der Waals surface area contributed by atoms with Gasteiger partial charge in [0, 0.05) is 25.8 Å². The van der Waals surface area contributed by atoms with Crippen LogP contribution >= 0.6 is 15.9 Å². The highest BCUT2D eigenvalue weighted by molar-refractivity contribution is 9.10. The fourth-order valence-electron chi connectivity index (χ4n) is 2.04. The Morgan fingerprint density at radius 3 is 2.90 bits per heavy atom. The predicted molar refractivity (Wildman–Crippen MR) is 84.4 cm³/mol. The van der Waals surface area contributed by atoms with Gasteiger partial charge in [-0.15, -0.1) is 0 Å². The summed E-state index contributed by atoms with van der Waals surface area (Å²) in [5.74, 6) is 1.19. The minimum Gasteiger partial charge on any atom is -0.378 e. The smallest absolute Gasteiger partial charge is 0.244 e. The van der Waals surface area contributed by atoms with Gasteiger partial charge in [0.25, 0.3) is 0 Å². The normalized spacial score (nSPS) is 16.4. The molecule has 1 atom stereocenters. The van der Waals surface area contributed by atoms with Gasteiger partial charge in [0.15, 0.2) is 0 Å². The fraction of sp³-hybridized carbons (Fsp3) is 0.615. The molecule has 2 rings (SSSR count). The zero-order valence-electron chi connectivity index (χ0n) is 12.2. The van der Waals surface area contributed by atoms with Crippen molar-refractivity contribution >= 4 is 33.6 Å². The van der Waals surface area contributed by atoms with Gasteiger partial charge in [-0.1, -0.05) is 0 Å². The lowest BCUT2D eigenvalue weighted by Gasteiger charge is -2.29. The summed E-state index contributed by atoms with van der Waals surface area (Å²) in [6.45, 7) is 7.02. The van der Waals surface area contributed by atoms with E-state index in [1.807, 2.05) is 18.7 Å². The molecule has 1 aliphatic heterocycles. The second-order valence-corrected chi connectivity index (χ2v) is 5.58. The third-order valence-corrected chi connectivity index (χ3v) is 3.71. The number of anilines is 2. The highest BCUT2D eigenvalue weighted by atomic mass is 79.9. The molecule has 1 amide bonds. The number of carbonyl (C=O) groups excluding carboxylic acids is 1. The molecule has 1 aliphatic rings. The molecule has 1 unspecified atom stereocenters. The van der Waals surface area contributed by atoms with Crippen LogP contribution < -0.4 is 10.6 Å². The second-order valence-electron chi connectivity index (χ2n) is 4.72. The molecule has 0 saturated carbocycles. The number of nitrogens with one attached hydrogen (secondary N) is 2. The van der Waals surface area contributed by atoms with E-state index in [9.17, 15) is 4.79 Å². The third-order valence-electron chi connectivity index (χ3n) is 3.13. The van der Waals surface area contributed by atoms with Crippen LogP contribution in [0.5, 0.6) is 0 Å². The summed E-state index contributed by atoms with van der Waals surface area (Å²) < 4.78 is 5.99. The molecule has 2 N–H and O–H groups in total. The number of hydrogen-bond acceptors (Lipinski definition) is 6. The number of amides is 1. The van der Waals surface area contributed by atoms with Crippen molar-refractivity contribution < 1.29 is 9.53 Å². The lowest BCUT2D eigenvalue weighted by atomic mass is 10.2. The highest BCUT2D eigenvalue weighted by Crippen LogP contribution is 2.21. The molecule has 0 bridgehead atoms. The summed E-state index contributed by atoms with van der Waals surface area (Å²) in [6.07, 6.45) is 1.67. The standard InChI is InChI=1S/C13H20BrN5O2/c1-3-15-13-16-8-10(14)11(18-13)17-9(2)12(20)19-4-6-21-7-5-19/h8-9H,3-7H2,1-2H3,(H2,15,16,17,18). The van der Waals surface area contributed by atoms with Crippen molar-refractivity contribution in [2.45, 2.75) is 19.9 Å². The molecular weight excluding hydrogens is 338 g/mol. The Hall–Kier alpha value is -1.41. The van der Waals surface area contributed by atoms with Gasteiger partial charge >= 0.3 is 0 Å². The number of carbonyl (C=O) groups is 1. The molecule has 1 aromatic rings. The van der Waals surface area contributed by atoms with Gasteiger partial charge in [-0.3, -0.25) is 4.79 Å². The van der Waals surface area contributed by atoms with Crippen LogP contribution in [0.4, 0.5) is 11.8 Å². The fourth-order valence-corrected chi connectivity index (χ4v) is 2.34. The van der Waals surface area contributed by atoms with E-state index in [1.54, 1.807) is 6.20 Å². The Balaban J connectivity index is 2.02. The van der Waals surface area contributed by atoms with E-state index in [1.165, 1.54) is 0 Å². The highest BCUT2D eigenvalue weighted by Gasteiger charge is 2.23. The van der Waals surface area contributed by atoms with E-state index in [4.69, 9.17) is 4.74 Å². The maximum absolute atomic E-state index is 12.4. The summed E-state index contributed by atoms with van der Waals surface area (Å²) in [7, 11) is 0. The first-order valence-electron chi connectivity index (χ1n) is 7.01. The van der Waals surface area contributed by atoms with Gasteiger partial charge in [-0.05, 0) is 29.8 Å². The molecule has 1 saturated heterocycles. The van der Waals surface area contributed by atoms with Crippen LogP contribution in [0.25, 0.3) is 0 Å². The van der Waals surface area contributed by atoms with E-state index < -0.39 is 0 Å². The number of aromatic nitrogens is 2. The molecular formula is C13H20BrN5O2. The molecule has 0 spiro atoms. The lowest BCUT2D eigenvalue weighted by molar-refractivity contribution is -0.135. The monoisotopic (exact) mass is 357 g/mol. The minimum atomic E-state index is -0.358. The van der Waals surface area contributed by atoms with Gasteiger partial charge in [0.05, 0.1) is 17.7 Å². The zero-order chi connectivity index (χ0) is 15.2. The zero-order valence-corrected chi connectivity index (χ0v) is 13.8. The van der Waals surface area contributed by atoms with E-state index in [0.717, 1.165) is 11.0 Å². The molecule has 0 aromatic carbocycles. The van der Waals surface area contributed by atoms with E-state index >= 15 is 0 Å². The van der Waals surface area contributed by atoms with Gasteiger partial charge in [0.2, 0.25) is 11.9 Å².